The second-order valence-corrected chi connectivity index (χ2v) is 6.67. The van der Waals surface area contributed by atoms with Crippen LogP contribution in [0.3, 0.4) is 0 Å². The highest BCUT2D eigenvalue weighted by Gasteiger charge is 2.30. The zero-order valence-electron chi connectivity index (χ0n) is 15.7. The SMILES string of the molecule is CC(=O)N1CCN(C(=O)c2cc(Oc3ccc(C(F)(F)F)cc3)ccc2N)CC1. The number of alkyl halides is 3. The highest BCUT2D eigenvalue weighted by molar-refractivity contribution is 5.99. The standard InChI is InChI=1S/C20H20F3N3O3/c1-13(27)25-8-10-26(11-9-25)19(28)17-12-16(6-7-18(17)24)29-15-4-2-14(3-5-15)20(21,22)23/h2-7,12H,8-11,24H2,1H3. The van der Waals surface area contributed by atoms with Gasteiger partial charge in [-0.15, -0.1) is 0 Å². The first-order valence-corrected chi connectivity index (χ1v) is 8.94. The molecule has 0 atom stereocenters. The Balaban J connectivity index is 1.73. The Hall–Kier alpha value is -3.23. The Labute approximate surface area is 165 Å². The van der Waals surface area contributed by atoms with E-state index in [4.69, 9.17) is 10.5 Å². The lowest BCUT2D eigenvalue weighted by Gasteiger charge is -2.34. The van der Waals surface area contributed by atoms with Gasteiger partial charge in [0, 0.05) is 38.8 Å². The van der Waals surface area contributed by atoms with Crippen LogP contribution in [0.5, 0.6) is 11.5 Å². The molecule has 2 aromatic rings. The van der Waals surface area contributed by atoms with E-state index in [9.17, 15) is 22.8 Å². The number of piperazine rings is 1. The molecule has 1 aliphatic rings. The highest BCUT2D eigenvalue weighted by atomic mass is 19.4. The Bertz CT molecular complexity index is 905. The van der Waals surface area contributed by atoms with Crippen molar-refractivity contribution in [1.82, 2.24) is 9.80 Å². The number of hydrogen-bond donors (Lipinski definition) is 1. The van der Waals surface area contributed by atoms with Gasteiger partial charge >= 0.3 is 6.18 Å². The van der Waals surface area contributed by atoms with E-state index in [1.807, 2.05) is 0 Å². The lowest BCUT2D eigenvalue weighted by atomic mass is 10.1. The molecule has 1 aliphatic heterocycles. The van der Waals surface area contributed by atoms with Crippen molar-refractivity contribution < 1.29 is 27.5 Å². The minimum absolute atomic E-state index is 0.0384. The Morgan fingerprint density at radius 2 is 1.48 bits per heavy atom. The summed E-state index contributed by atoms with van der Waals surface area (Å²) in [7, 11) is 0. The van der Waals surface area contributed by atoms with E-state index in [-0.39, 0.29) is 34.6 Å². The van der Waals surface area contributed by atoms with Crippen LogP contribution in [0.1, 0.15) is 22.8 Å². The summed E-state index contributed by atoms with van der Waals surface area (Å²) in [6.45, 7) is 3.16. The molecule has 9 heteroatoms. The van der Waals surface area contributed by atoms with Crippen molar-refractivity contribution >= 4 is 17.5 Å². The number of carbonyl (C=O) groups is 2. The number of benzene rings is 2. The number of amides is 2. The monoisotopic (exact) mass is 407 g/mol. The fraction of sp³-hybridized carbons (Fsp3) is 0.300. The molecule has 0 radical (unpaired) electrons. The van der Waals surface area contributed by atoms with E-state index in [1.165, 1.54) is 37.3 Å². The van der Waals surface area contributed by atoms with Crippen LogP contribution in [0.2, 0.25) is 0 Å². The number of anilines is 1. The van der Waals surface area contributed by atoms with Gasteiger partial charge in [0.2, 0.25) is 5.91 Å². The average molecular weight is 407 g/mol. The van der Waals surface area contributed by atoms with Crippen molar-refractivity contribution in [3.63, 3.8) is 0 Å². The minimum atomic E-state index is -4.42. The van der Waals surface area contributed by atoms with Gasteiger partial charge < -0.3 is 20.3 Å². The van der Waals surface area contributed by atoms with Crippen molar-refractivity contribution in [1.29, 1.82) is 0 Å². The van der Waals surface area contributed by atoms with Gasteiger partial charge in [-0.05, 0) is 42.5 Å². The summed E-state index contributed by atoms with van der Waals surface area (Å²) < 4.78 is 43.6. The van der Waals surface area contributed by atoms with Crippen molar-refractivity contribution in [2.45, 2.75) is 13.1 Å². The largest absolute Gasteiger partial charge is 0.457 e. The molecule has 6 nitrogen and oxygen atoms in total. The molecular weight excluding hydrogens is 387 g/mol. The van der Waals surface area contributed by atoms with Crippen LogP contribution in [0.4, 0.5) is 18.9 Å². The van der Waals surface area contributed by atoms with Gasteiger partial charge in [-0.3, -0.25) is 9.59 Å². The van der Waals surface area contributed by atoms with E-state index in [0.29, 0.717) is 26.2 Å². The van der Waals surface area contributed by atoms with Crippen LogP contribution < -0.4 is 10.5 Å². The molecule has 1 fully saturated rings. The van der Waals surface area contributed by atoms with E-state index in [2.05, 4.69) is 0 Å². The molecule has 2 N–H and O–H groups in total. The third kappa shape index (κ3) is 4.79. The van der Waals surface area contributed by atoms with Gasteiger partial charge in [0.25, 0.3) is 5.91 Å². The number of nitrogen functional groups attached to an aromatic ring is 1. The Morgan fingerprint density at radius 3 is 2.03 bits per heavy atom. The molecule has 0 bridgehead atoms. The third-order valence-corrected chi connectivity index (χ3v) is 4.68. The maximum Gasteiger partial charge on any atom is 0.416 e. The quantitative estimate of drug-likeness (QED) is 0.792. The predicted molar refractivity (Wildman–Crippen MR) is 101 cm³/mol. The molecule has 29 heavy (non-hydrogen) atoms. The highest BCUT2D eigenvalue weighted by Crippen LogP contribution is 2.32. The molecule has 0 aromatic heterocycles. The van der Waals surface area contributed by atoms with Crippen LogP contribution in [-0.2, 0) is 11.0 Å². The van der Waals surface area contributed by atoms with Gasteiger partial charge in [-0.2, -0.15) is 13.2 Å². The molecule has 0 spiro atoms. The van der Waals surface area contributed by atoms with Crippen LogP contribution in [0.15, 0.2) is 42.5 Å². The predicted octanol–water partition coefficient (Wildman–Crippen LogP) is 3.38. The van der Waals surface area contributed by atoms with Crippen molar-refractivity contribution in [3.8, 4) is 11.5 Å². The summed E-state index contributed by atoms with van der Waals surface area (Å²) in [6, 6.07) is 8.78. The van der Waals surface area contributed by atoms with Gasteiger partial charge in [0.15, 0.2) is 0 Å². The van der Waals surface area contributed by atoms with Crippen molar-refractivity contribution in [2.24, 2.45) is 0 Å². The van der Waals surface area contributed by atoms with E-state index in [1.54, 1.807) is 9.80 Å². The normalized spacial score (nSPS) is 14.6. The lowest BCUT2D eigenvalue weighted by Crippen LogP contribution is -2.50. The fourth-order valence-electron chi connectivity index (χ4n) is 3.03. The number of nitrogens with zero attached hydrogens (tertiary/aromatic N) is 2. The molecule has 2 amide bonds. The summed E-state index contributed by atoms with van der Waals surface area (Å²) in [6.07, 6.45) is -4.42. The number of hydrogen-bond acceptors (Lipinski definition) is 4. The van der Waals surface area contributed by atoms with E-state index < -0.39 is 11.7 Å². The molecule has 0 unspecified atom stereocenters. The van der Waals surface area contributed by atoms with Crippen molar-refractivity contribution in [3.05, 3.63) is 53.6 Å². The second kappa shape index (κ2) is 8.02. The number of nitrogens with two attached hydrogens (primary N) is 1. The van der Waals surface area contributed by atoms with Crippen LogP contribution >= 0.6 is 0 Å². The zero-order chi connectivity index (χ0) is 21.2. The van der Waals surface area contributed by atoms with E-state index in [0.717, 1.165) is 12.1 Å². The summed E-state index contributed by atoms with van der Waals surface area (Å²) in [4.78, 5) is 27.5. The van der Waals surface area contributed by atoms with Crippen LogP contribution in [0, 0.1) is 0 Å². The average Bonchev–Trinajstić information content (AvgIpc) is 2.69. The second-order valence-electron chi connectivity index (χ2n) is 6.67. The maximum absolute atomic E-state index is 12.8. The summed E-state index contributed by atoms with van der Waals surface area (Å²) in [5.41, 5.74) is 5.67. The minimum Gasteiger partial charge on any atom is -0.457 e. The maximum atomic E-state index is 12.8. The molecule has 0 aliphatic carbocycles. The van der Waals surface area contributed by atoms with Crippen molar-refractivity contribution in [2.75, 3.05) is 31.9 Å². The first-order valence-electron chi connectivity index (χ1n) is 8.94. The molecule has 1 heterocycles. The van der Waals surface area contributed by atoms with Gasteiger partial charge in [0.05, 0.1) is 11.1 Å². The summed E-state index contributed by atoms with van der Waals surface area (Å²) in [5.74, 6) is 0.160. The fourth-order valence-corrected chi connectivity index (χ4v) is 3.03. The third-order valence-electron chi connectivity index (χ3n) is 4.68. The number of halogens is 3. The molecule has 0 saturated carbocycles. The van der Waals surface area contributed by atoms with Gasteiger partial charge in [-0.25, -0.2) is 0 Å². The molecule has 2 aromatic carbocycles. The summed E-state index contributed by atoms with van der Waals surface area (Å²) >= 11 is 0. The molecular formula is C20H20F3N3O3. The first-order chi connectivity index (χ1) is 13.6. The Morgan fingerprint density at radius 1 is 0.931 bits per heavy atom. The molecule has 154 valence electrons. The van der Waals surface area contributed by atoms with Gasteiger partial charge in [0.1, 0.15) is 11.5 Å². The summed E-state index contributed by atoms with van der Waals surface area (Å²) in [5, 5.41) is 0. The molecule has 3 rings (SSSR count). The first kappa shape index (κ1) is 20.5. The smallest absolute Gasteiger partial charge is 0.416 e. The lowest BCUT2D eigenvalue weighted by molar-refractivity contribution is -0.137. The Kier molecular flexibility index (Phi) is 5.67. The van der Waals surface area contributed by atoms with Crippen LogP contribution in [0.25, 0.3) is 0 Å². The number of rotatable bonds is 3. The van der Waals surface area contributed by atoms with E-state index >= 15 is 0 Å². The topological polar surface area (TPSA) is 75.9 Å². The van der Waals surface area contributed by atoms with Crippen LogP contribution in [-0.4, -0.2) is 47.8 Å². The molecule has 1 saturated heterocycles. The number of ether oxygens (including phenoxy) is 1. The number of carbonyl (C=O) groups excluding carboxylic acids is 2. The zero-order valence-corrected chi connectivity index (χ0v) is 15.7. The van der Waals surface area contributed by atoms with Gasteiger partial charge in [-0.1, -0.05) is 0 Å².